The lowest BCUT2D eigenvalue weighted by molar-refractivity contribution is -0.000831. The minimum atomic E-state index is -5.50. The van der Waals surface area contributed by atoms with Gasteiger partial charge >= 0.3 is 23.5 Å². The van der Waals surface area contributed by atoms with Crippen LogP contribution in [0.25, 0.3) is 5.65 Å². The van der Waals surface area contributed by atoms with Crippen molar-refractivity contribution < 1.29 is 50.8 Å². The van der Waals surface area contributed by atoms with Gasteiger partial charge in [-0.3, -0.25) is 9.05 Å². The SMILES string of the molecule is COP(=O)(O)OP(=O)(O)OP(=O)(O)OCC1CC(C)(N)C(c2cnc3c(N)ncnn23)O1. The third-order valence-corrected chi connectivity index (χ3v) is 8.53. The minimum Gasteiger partial charge on any atom is -0.381 e. The van der Waals surface area contributed by atoms with Crippen molar-refractivity contribution in [3.63, 3.8) is 0 Å². The molecule has 0 aromatic carbocycles. The molecule has 1 fully saturated rings. The van der Waals surface area contributed by atoms with Gasteiger partial charge in [-0.1, -0.05) is 0 Å². The zero-order chi connectivity index (χ0) is 23.9. The molecule has 32 heavy (non-hydrogen) atoms. The molecule has 1 aliphatic heterocycles. The zero-order valence-electron chi connectivity index (χ0n) is 16.6. The number of nitrogens with zero attached hydrogens (tertiary/aromatic N) is 4. The Morgan fingerprint density at radius 1 is 1.22 bits per heavy atom. The number of fused-ring (bicyclic) bond motifs is 1. The number of phosphoric acid groups is 3. The van der Waals surface area contributed by atoms with Gasteiger partial charge in [-0.05, 0) is 13.3 Å². The van der Waals surface area contributed by atoms with Crippen LogP contribution in [0, 0.1) is 0 Å². The first kappa shape index (κ1) is 25.3. The topological polar surface area (TPSA) is 253 Å². The Balaban J connectivity index is 1.68. The van der Waals surface area contributed by atoms with Crippen LogP contribution in [0.15, 0.2) is 12.5 Å². The summed E-state index contributed by atoms with van der Waals surface area (Å²) in [6.07, 6.45) is 1.16. The van der Waals surface area contributed by atoms with E-state index in [1.165, 1.54) is 17.0 Å². The van der Waals surface area contributed by atoms with Crippen LogP contribution in [0.3, 0.4) is 0 Å². The molecular weight excluding hydrogens is 497 g/mol. The van der Waals surface area contributed by atoms with Crippen molar-refractivity contribution in [1.29, 1.82) is 0 Å². The lowest BCUT2D eigenvalue weighted by atomic mass is 9.91. The number of nitrogen functional groups attached to an aromatic ring is 1. The second kappa shape index (κ2) is 8.80. The van der Waals surface area contributed by atoms with Crippen molar-refractivity contribution >= 4 is 34.9 Å². The maximum Gasteiger partial charge on any atom is 0.490 e. The van der Waals surface area contributed by atoms with E-state index in [1.54, 1.807) is 6.92 Å². The number of phosphoric ester groups is 2. The van der Waals surface area contributed by atoms with E-state index in [-0.39, 0.29) is 17.9 Å². The van der Waals surface area contributed by atoms with Gasteiger partial charge in [0.2, 0.25) is 0 Å². The summed E-state index contributed by atoms with van der Waals surface area (Å²) in [7, 11) is -15.0. The van der Waals surface area contributed by atoms with E-state index in [0.717, 1.165) is 0 Å². The van der Waals surface area contributed by atoms with Gasteiger partial charge in [-0.2, -0.15) is 13.7 Å². The van der Waals surface area contributed by atoms with Crippen LogP contribution >= 0.6 is 23.5 Å². The molecule has 7 N–H and O–H groups in total. The highest BCUT2D eigenvalue weighted by Gasteiger charge is 2.47. The first-order chi connectivity index (χ1) is 14.6. The number of ether oxygens (including phenoxy) is 1. The van der Waals surface area contributed by atoms with Crippen LogP contribution in [-0.2, 0) is 36.1 Å². The number of hydrogen-bond donors (Lipinski definition) is 5. The highest BCUT2D eigenvalue weighted by atomic mass is 31.3. The van der Waals surface area contributed by atoms with Crippen molar-refractivity contribution in [1.82, 2.24) is 19.6 Å². The Hall–Kier alpha value is -1.32. The van der Waals surface area contributed by atoms with Crippen LogP contribution in [-0.4, -0.2) is 59.6 Å². The van der Waals surface area contributed by atoms with Crippen molar-refractivity contribution in [2.75, 3.05) is 19.5 Å². The van der Waals surface area contributed by atoms with Crippen LogP contribution in [0.2, 0.25) is 0 Å². The van der Waals surface area contributed by atoms with Crippen molar-refractivity contribution in [2.45, 2.75) is 31.1 Å². The molecule has 3 heterocycles. The van der Waals surface area contributed by atoms with Gasteiger partial charge in [0.15, 0.2) is 11.5 Å². The molecule has 17 nitrogen and oxygen atoms in total. The summed E-state index contributed by atoms with van der Waals surface area (Å²) < 4.78 is 58.5. The van der Waals surface area contributed by atoms with Crippen LogP contribution in [0.1, 0.15) is 25.1 Å². The van der Waals surface area contributed by atoms with Crippen molar-refractivity contribution in [2.24, 2.45) is 5.73 Å². The van der Waals surface area contributed by atoms with Crippen LogP contribution < -0.4 is 11.5 Å². The number of rotatable bonds is 9. The Labute approximate surface area is 180 Å². The molecule has 0 radical (unpaired) electrons. The van der Waals surface area contributed by atoms with E-state index in [4.69, 9.17) is 21.1 Å². The minimum absolute atomic E-state index is 0.133. The zero-order valence-corrected chi connectivity index (χ0v) is 19.3. The molecule has 20 heteroatoms. The molecule has 1 aliphatic rings. The van der Waals surface area contributed by atoms with Gasteiger partial charge in [-0.25, -0.2) is 28.2 Å². The Morgan fingerprint density at radius 3 is 2.53 bits per heavy atom. The summed E-state index contributed by atoms with van der Waals surface area (Å²) in [4.78, 5) is 36.1. The Kier molecular flexibility index (Phi) is 6.96. The molecule has 0 saturated carbocycles. The number of aromatic nitrogens is 4. The first-order valence-electron chi connectivity index (χ1n) is 8.64. The fourth-order valence-electron chi connectivity index (χ4n) is 3.04. The van der Waals surface area contributed by atoms with E-state index >= 15 is 0 Å². The average molecular weight is 518 g/mol. The maximum absolute atomic E-state index is 12.0. The molecule has 0 bridgehead atoms. The molecule has 0 amide bonds. The largest absolute Gasteiger partial charge is 0.490 e. The summed E-state index contributed by atoms with van der Waals surface area (Å²) >= 11 is 0. The molecule has 2 aromatic rings. The molecule has 1 saturated heterocycles. The lowest BCUT2D eigenvalue weighted by Crippen LogP contribution is -2.39. The number of anilines is 1. The second-order valence-electron chi connectivity index (χ2n) is 6.96. The quantitative estimate of drug-likeness (QED) is 0.279. The summed E-state index contributed by atoms with van der Waals surface area (Å²) in [5, 5.41) is 4.06. The van der Waals surface area contributed by atoms with Crippen molar-refractivity contribution in [3.05, 3.63) is 18.2 Å². The molecule has 2 aromatic heterocycles. The summed E-state index contributed by atoms with van der Waals surface area (Å²) in [6.45, 7) is 1.07. The summed E-state index contributed by atoms with van der Waals surface area (Å²) in [6, 6.07) is 0. The van der Waals surface area contributed by atoms with Gasteiger partial charge < -0.3 is 30.9 Å². The number of hydrogen-bond acceptors (Lipinski definition) is 13. The van der Waals surface area contributed by atoms with Gasteiger partial charge in [0.1, 0.15) is 12.4 Å². The molecule has 3 rings (SSSR count). The van der Waals surface area contributed by atoms with E-state index in [2.05, 4.69) is 32.7 Å². The molecule has 6 unspecified atom stereocenters. The maximum atomic E-state index is 12.0. The predicted molar refractivity (Wildman–Crippen MR) is 105 cm³/mol. The summed E-state index contributed by atoms with van der Waals surface area (Å²) in [5.41, 5.74) is 11.8. The fraction of sp³-hybridized carbons (Fsp3) is 0.583. The summed E-state index contributed by atoms with van der Waals surface area (Å²) in [5.74, 6) is 0.137. The lowest BCUT2D eigenvalue weighted by Gasteiger charge is -2.24. The van der Waals surface area contributed by atoms with Gasteiger partial charge in [0.05, 0.1) is 24.6 Å². The second-order valence-corrected chi connectivity index (χ2v) is 11.7. The molecular formula is C12H21N6O11P3. The fourth-order valence-corrected chi connectivity index (χ4v) is 6.32. The highest BCUT2D eigenvalue weighted by molar-refractivity contribution is 7.66. The third-order valence-electron chi connectivity index (χ3n) is 4.29. The highest BCUT2D eigenvalue weighted by Crippen LogP contribution is 2.67. The van der Waals surface area contributed by atoms with Gasteiger partial charge in [0, 0.05) is 12.6 Å². The van der Waals surface area contributed by atoms with Gasteiger partial charge in [0.25, 0.3) is 0 Å². The smallest absolute Gasteiger partial charge is 0.381 e. The van der Waals surface area contributed by atoms with E-state index in [9.17, 15) is 23.5 Å². The average Bonchev–Trinajstić information content (AvgIpc) is 3.19. The normalized spacial score (nSPS) is 29.4. The molecule has 0 spiro atoms. The third kappa shape index (κ3) is 5.78. The van der Waals surface area contributed by atoms with E-state index in [0.29, 0.717) is 12.8 Å². The van der Waals surface area contributed by atoms with Crippen LogP contribution in [0.4, 0.5) is 5.82 Å². The molecule has 180 valence electrons. The molecule has 0 aliphatic carbocycles. The van der Waals surface area contributed by atoms with E-state index < -0.39 is 47.8 Å². The standard InChI is InChI=1S/C12H21N6O11P3/c1-12(14)3-7(5-26-31(21,22)29-32(23,24)28-30(19,20)25-2)27-9(12)8-4-15-11-10(13)16-6-17-18(8)11/h4,6-7,9H,3,5,14H2,1-2H3,(H,19,20)(H,21,22)(H,23,24)(H2,13,16,17). The predicted octanol–water partition coefficient (Wildman–Crippen LogP) is 0.251. The Morgan fingerprint density at radius 2 is 1.88 bits per heavy atom. The number of nitrogens with two attached hydrogens (primary N) is 2. The van der Waals surface area contributed by atoms with E-state index in [1.807, 2.05) is 0 Å². The van der Waals surface area contributed by atoms with Crippen molar-refractivity contribution in [3.8, 4) is 0 Å². The van der Waals surface area contributed by atoms with Crippen LogP contribution in [0.5, 0.6) is 0 Å². The molecule has 6 atom stereocenters. The Bertz CT molecular complexity index is 1140. The number of imidazole rings is 1. The first-order valence-corrected chi connectivity index (χ1v) is 13.1. The van der Waals surface area contributed by atoms with Gasteiger partial charge in [-0.15, -0.1) is 0 Å². The monoisotopic (exact) mass is 518 g/mol.